The highest BCUT2D eigenvalue weighted by Crippen LogP contribution is 2.29. The van der Waals surface area contributed by atoms with E-state index in [1.54, 1.807) is 13.8 Å². The fraction of sp³-hybridized carbons (Fsp3) is 0.333. The topological polar surface area (TPSA) is 69.9 Å². The van der Waals surface area contributed by atoms with E-state index in [-0.39, 0.29) is 23.1 Å². The van der Waals surface area contributed by atoms with E-state index in [1.807, 2.05) is 0 Å². The van der Waals surface area contributed by atoms with Gasteiger partial charge in [0.1, 0.15) is 5.75 Å². The summed E-state index contributed by atoms with van der Waals surface area (Å²) in [6.45, 7) is 3.54. The Morgan fingerprint density at radius 3 is 2.62 bits per heavy atom. The summed E-state index contributed by atoms with van der Waals surface area (Å²) in [5.41, 5.74) is 0.135. The second-order valence-electron chi connectivity index (χ2n) is 4.42. The van der Waals surface area contributed by atoms with Gasteiger partial charge < -0.3 is 4.74 Å². The van der Waals surface area contributed by atoms with Crippen LogP contribution in [0.15, 0.2) is 18.2 Å². The lowest BCUT2D eigenvalue weighted by atomic mass is 10.2. The van der Waals surface area contributed by atoms with Crippen molar-refractivity contribution in [1.82, 2.24) is 20.2 Å². The van der Waals surface area contributed by atoms with Gasteiger partial charge >= 0.3 is 6.18 Å². The average molecular weight is 300 g/mol. The van der Waals surface area contributed by atoms with E-state index in [0.717, 1.165) is 0 Å². The van der Waals surface area contributed by atoms with Crippen LogP contribution in [0.3, 0.4) is 0 Å². The van der Waals surface area contributed by atoms with Crippen molar-refractivity contribution in [1.29, 1.82) is 0 Å². The molecule has 0 amide bonds. The number of alkyl halides is 3. The van der Waals surface area contributed by atoms with E-state index < -0.39 is 12.0 Å². The molecular formula is C12H11F3N4O2. The Bertz CT molecular complexity index is 652. The number of carbonyl (C=O) groups excluding carboxylic acids is 1. The van der Waals surface area contributed by atoms with Gasteiger partial charge in [0.25, 0.3) is 5.82 Å². The maximum atomic E-state index is 12.7. The predicted octanol–water partition coefficient (Wildman–Crippen LogP) is 2.28. The van der Waals surface area contributed by atoms with E-state index in [0.29, 0.717) is 11.0 Å². The Morgan fingerprint density at radius 2 is 2.05 bits per heavy atom. The minimum absolute atomic E-state index is 0.0190. The molecule has 1 heterocycles. The predicted molar refractivity (Wildman–Crippen MR) is 65.3 cm³/mol. The van der Waals surface area contributed by atoms with Gasteiger partial charge in [0.2, 0.25) is 0 Å². The number of ether oxygens (including phenoxy) is 1. The van der Waals surface area contributed by atoms with Gasteiger partial charge in [-0.1, -0.05) is 0 Å². The summed E-state index contributed by atoms with van der Waals surface area (Å²) in [7, 11) is 0. The largest absolute Gasteiger partial charge is 0.490 e. The van der Waals surface area contributed by atoms with Crippen LogP contribution in [0.2, 0.25) is 0 Å². The third-order valence-electron chi connectivity index (χ3n) is 2.45. The van der Waals surface area contributed by atoms with Gasteiger partial charge in [0.05, 0.1) is 17.4 Å². The first-order valence-corrected chi connectivity index (χ1v) is 5.94. The molecule has 0 saturated carbocycles. The van der Waals surface area contributed by atoms with Gasteiger partial charge in [-0.15, -0.1) is 5.10 Å². The summed E-state index contributed by atoms with van der Waals surface area (Å²) in [5, 5.41) is 9.26. The van der Waals surface area contributed by atoms with Crippen LogP contribution in [0.1, 0.15) is 30.0 Å². The summed E-state index contributed by atoms with van der Waals surface area (Å²) >= 11 is 0. The molecular weight excluding hydrogens is 289 g/mol. The highest BCUT2D eigenvalue weighted by molar-refractivity contribution is 5.80. The van der Waals surface area contributed by atoms with Crippen LogP contribution in [0.4, 0.5) is 13.2 Å². The lowest BCUT2D eigenvalue weighted by Gasteiger charge is -2.13. The Balaban J connectivity index is 2.47. The van der Waals surface area contributed by atoms with Crippen molar-refractivity contribution in [2.45, 2.75) is 26.1 Å². The molecule has 6 nitrogen and oxygen atoms in total. The normalized spacial score (nSPS) is 11.7. The van der Waals surface area contributed by atoms with E-state index in [2.05, 4.69) is 15.5 Å². The third-order valence-corrected chi connectivity index (χ3v) is 2.45. The van der Waals surface area contributed by atoms with Crippen LogP contribution in [0, 0.1) is 0 Å². The molecule has 1 aromatic heterocycles. The monoisotopic (exact) mass is 300 g/mol. The van der Waals surface area contributed by atoms with Gasteiger partial charge in [-0.05, 0) is 42.5 Å². The fourth-order valence-electron chi connectivity index (χ4n) is 1.66. The first-order valence-electron chi connectivity index (χ1n) is 5.94. The van der Waals surface area contributed by atoms with E-state index in [1.165, 1.54) is 18.2 Å². The van der Waals surface area contributed by atoms with Gasteiger partial charge in [-0.3, -0.25) is 4.79 Å². The highest BCUT2D eigenvalue weighted by atomic mass is 19.4. The van der Waals surface area contributed by atoms with Crippen molar-refractivity contribution in [2.24, 2.45) is 0 Å². The molecule has 0 fully saturated rings. The number of aromatic nitrogens is 4. The molecule has 0 aliphatic carbocycles. The Hall–Kier alpha value is -2.45. The first kappa shape index (κ1) is 14.9. The van der Waals surface area contributed by atoms with Crippen LogP contribution in [-0.4, -0.2) is 32.6 Å². The van der Waals surface area contributed by atoms with Gasteiger partial charge in [0, 0.05) is 0 Å². The van der Waals surface area contributed by atoms with Crippen LogP contribution in [0.5, 0.6) is 5.75 Å². The van der Waals surface area contributed by atoms with Crippen molar-refractivity contribution < 1.29 is 22.7 Å². The van der Waals surface area contributed by atoms with E-state index >= 15 is 0 Å². The smallest absolute Gasteiger partial charge is 0.453 e. The standard InChI is InChI=1S/C12H11F3N4O2/c1-7(2)21-10-4-3-9(5-8(10)6-20)19-11(12(13,14)15)16-17-18-19/h3-7H,1-2H3. The molecule has 2 rings (SSSR count). The Kier molecular flexibility index (Phi) is 3.92. The molecule has 112 valence electrons. The number of nitrogens with zero attached hydrogens (tertiary/aromatic N) is 4. The number of hydrogen-bond acceptors (Lipinski definition) is 5. The Labute approximate surface area is 117 Å². The van der Waals surface area contributed by atoms with Crippen molar-refractivity contribution in [2.75, 3.05) is 0 Å². The summed E-state index contributed by atoms with van der Waals surface area (Å²) in [6, 6.07) is 3.98. The number of carbonyl (C=O) groups is 1. The van der Waals surface area contributed by atoms with E-state index in [4.69, 9.17) is 4.74 Å². The molecule has 0 radical (unpaired) electrons. The number of halogens is 3. The zero-order valence-electron chi connectivity index (χ0n) is 11.1. The maximum Gasteiger partial charge on any atom is 0.453 e. The summed E-state index contributed by atoms with van der Waals surface area (Å²) in [4.78, 5) is 11.0. The summed E-state index contributed by atoms with van der Waals surface area (Å²) < 4.78 is 44.1. The zero-order valence-corrected chi connectivity index (χ0v) is 11.1. The molecule has 21 heavy (non-hydrogen) atoms. The molecule has 0 unspecified atom stereocenters. The minimum Gasteiger partial charge on any atom is -0.490 e. The minimum atomic E-state index is -4.70. The number of tetrazole rings is 1. The quantitative estimate of drug-likeness (QED) is 0.810. The van der Waals surface area contributed by atoms with Crippen LogP contribution >= 0.6 is 0 Å². The molecule has 2 aromatic rings. The van der Waals surface area contributed by atoms with Crippen molar-refractivity contribution in [3.05, 3.63) is 29.6 Å². The summed E-state index contributed by atoms with van der Waals surface area (Å²) in [5.74, 6) is -0.984. The van der Waals surface area contributed by atoms with Crippen molar-refractivity contribution >= 4 is 6.29 Å². The number of hydrogen-bond donors (Lipinski definition) is 0. The van der Waals surface area contributed by atoms with Crippen molar-refractivity contribution in [3.8, 4) is 11.4 Å². The molecule has 0 atom stereocenters. The maximum absolute atomic E-state index is 12.7. The van der Waals surface area contributed by atoms with Gasteiger partial charge in [-0.25, -0.2) is 0 Å². The molecule has 0 saturated heterocycles. The molecule has 9 heteroatoms. The molecule has 0 N–H and O–H groups in total. The van der Waals surface area contributed by atoms with E-state index in [9.17, 15) is 18.0 Å². The second-order valence-corrected chi connectivity index (χ2v) is 4.42. The highest BCUT2D eigenvalue weighted by Gasteiger charge is 2.38. The Morgan fingerprint density at radius 1 is 1.33 bits per heavy atom. The fourth-order valence-corrected chi connectivity index (χ4v) is 1.66. The van der Waals surface area contributed by atoms with Crippen LogP contribution < -0.4 is 4.74 Å². The molecule has 0 aliphatic rings. The first-order chi connectivity index (χ1) is 9.82. The van der Waals surface area contributed by atoms with Crippen LogP contribution in [0.25, 0.3) is 5.69 Å². The number of aldehydes is 1. The molecule has 1 aromatic carbocycles. The number of rotatable bonds is 4. The molecule has 0 bridgehead atoms. The average Bonchev–Trinajstić information content (AvgIpc) is 2.87. The summed E-state index contributed by atoms with van der Waals surface area (Å²) in [6.07, 6.45) is -4.37. The van der Waals surface area contributed by atoms with Crippen molar-refractivity contribution in [3.63, 3.8) is 0 Å². The SMILES string of the molecule is CC(C)Oc1ccc(-n2nnnc2C(F)(F)F)cc1C=O. The third kappa shape index (κ3) is 3.18. The van der Waals surface area contributed by atoms with Gasteiger partial charge in [0.15, 0.2) is 6.29 Å². The lowest BCUT2D eigenvalue weighted by molar-refractivity contribution is -0.146. The lowest BCUT2D eigenvalue weighted by Crippen LogP contribution is -2.15. The zero-order chi connectivity index (χ0) is 15.6. The molecule has 0 aliphatic heterocycles. The number of benzene rings is 1. The molecule has 0 spiro atoms. The van der Waals surface area contributed by atoms with Gasteiger partial charge in [-0.2, -0.15) is 17.9 Å². The second kappa shape index (κ2) is 5.51. The van der Waals surface area contributed by atoms with Crippen LogP contribution in [-0.2, 0) is 6.18 Å².